The first-order valence-electron chi connectivity index (χ1n) is 9.62. The minimum absolute atomic E-state index is 0.0831. The number of halogens is 8. The second-order valence-corrected chi connectivity index (χ2v) is 8.15. The first kappa shape index (κ1) is 28.4. The summed E-state index contributed by atoms with van der Waals surface area (Å²) in [7, 11) is 0. The van der Waals surface area contributed by atoms with E-state index in [0.717, 1.165) is 18.2 Å². The monoisotopic (exact) mass is 541 g/mol. The third kappa shape index (κ3) is 4.81. The Morgan fingerprint density at radius 3 is 1.68 bits per heavy atom. The van der Waals surface area contributed by atoms with Gasteiger partial charge < -0.3 is 19.7 Å². The Morgan fingerprint density at radius 2 is 1.35 bits per heavy atom. The lowest BCUT2D eigenvalue weighted by Crippen LogP contribution is -2.81. The summed E-state index contributed by atoms with van der Waals surface area (Å²) in [6, 6.07) is 2.82. The second kappa shape index (κ2) is 9.69. The number of nitrogens with one attached hydrogen (secondary N) is 1. The molecule has 1 fully saturated rings. The molecule has 1 aromatic rings. The molecule has 192 valence electrons. The van der Waals surface area contributed by atoms with Crippen LogP contribution in [0.4, 0.5) is 26.3 Å². The molecule has 0 aliphatic carbocycles. The summed E-state index contributed by atoms with van der Waals surface area (Å²) in [6.07, 6.45) is -12.0. The fraction of sp³-hybridized carbons (Fsp3) is 0.579. The van der Waals surface area contributed by atoms with Crippen molar-refractivity contribution in [3.63, 3.8) is 0 Å². The Bertz CT molecular complexity index is 897. The zero-order valence-corrected chi connectivity index (χ0v) is 18.9. The van der Waals surface area contributed by atoms with Crippen LogP contribution in [0, 0.1) is 11.8 Å². The van der Waals surface area contributed by atoms with E-state index >= 15 is 0 Å². The number of hydrogen-bond donors (Lipinski definition) is 3. The third-order valence-corrected chi connectivity index (χ3v) is 5.83. The largest absolute Gasteiger partial charge is 0.466 e. The first-order chi connectivity index (χ1) is 15.5. The van der Waals surface area contributed by atoms with Crippen LogP contribution in [0.25, 0.3) is 0 Å². The number of piperidine rings is 1. The highest BCUT2D eigenvalue weighted by Crippen LogP contribution is 2.56. The van der Waals surface area contributed by atoms with Gasteiger partial charge in [-0.3, -0.25) is 9.59 Å². The summed E-state index contributed by atoms with van der Waals surface area (Å²) in [4.78, 5) is 25.4. The zero-order chi connectivity index (χ0) is 26.3. The predicted octanol–water partition coefficient (Wildman–Crippen LogP) is 3.54. The lowest BCUT2D eigenvalue weighted by atomic mass is 9.64. The van der Waals surface area contributed by atoms with E-state index in [4.69, 9.17) is 23.2 Å². The summed E-state index contributed by atoms with van der Waals surface area (Å²) in [5, 5.41) is 21.2. The number of hydrogen-bond acceptors (Lipinski definition) is 7. The van der Waals surface area contributed by atoms with Gasteiger partial charge in [-0.05, 0) is 31.5 Å². The minimum Gasteiger partial charge on any atom is -0.466 e. The zero-order valence-electron chi connectivity index (χ0n) is 17.4. The molecule has 0 radical (unpaired) electrons. The number of ether oxygens (including phenoxy) is 2. The minimum atomic E-state index is -5.99. The summed E-state index contributed by atoms with van der Waals surface area (Å²) >= 11 is 11.8. The van der Waals surface area contributed by atoms with Crippen molar-refractivity contribution < 1.29 is 55.6 Å². The van der Waals surface area contributed by atoms with Gasteiger partial charge in [0, 0.05) is 16.0 Å². The van der Waals surface area contributed by atoms with Crippen LogP contribution >= 0.6 is 23.2 Å². The molecule has 1 aromatic carbocycles. The van der Waals surface area contributed by atoms with Gasteiger partial charge in [0.1, 0.15) is 11.8 Å². The van der Waals surface area contributed by atoms with Crippen LogP contribution in [0.15, 0.2) is 18.2 Å². The van der Waals surface area contributed by atoms with Crippen LogP contribution < -0.4 is 5.32 Å². The maximum Gasteiger partial charge on any atom is 0.432 e. The Balaban J connectivity index is 3.02. The summed E-state index contributed by atoms with van der Waals surface area (Å²) < 4.78 is 93.6. The van der Waals surface area contributed by atoms with Crippen LogP contribution in [0.3, 0.4) is 0 Å². The molecule has 0 aromatic heterocycles. The maximum atomic E-state index is 14.1. The van der Waals surface area contributed by atoms with Crippen molar-refractivity contribution in [3.8, 4) is 0 Å². The van der Waals surface area contributed by atoms with Crippen molar-refractivity contribution in [1.29, 1.82) is 0 Å². The molecule has 5 atom stereocenters. The molecule has 34 heavy (non-hydrogen) atoms. The SMILES string of the molecule is CCOC(=O)[C@@H]1C(c2ccc(Cl)cc2Cl)[C@H](C(=O)OCC)[C@](O)(C(F)(F)F)N[C@]1(O)C(F)(F)F. The quantitative estimate of drug-likeness (QED) is 0.387. The number of aliphatic hydroxyl groups is 2. The summed E-state index contributed by atoms with van der Waals surface area (Å²) in [5.41, 5.74) is -10.1. The molecule has 0 amide bonds. The van der Waals surface area contributed by atoms with Crippen LogP contribution in [-0.2, 0) is 19.1 Å². The molecule has 0 saturated carbocycles. The van der Waals surface area contributed by atoms with E-state index in [-0.39, 0.29) is 5.02 Å². The molecule has 15 heteroatoms. The molecule has 2 rings (SSSR count). The number of carbonyl (C=O) groups excluding carboxylic acids is 2. The van der Waals surface area contributed by atoms with Gasteiger partial charge in [-0.25, -0.2) is 5.32 Å². The lowest BCUT2D eigenvalue weighted by Gasteiger charge is -2.54. The first-order valence-corrected chi connectivity index (χ1v) is 10.4. The summed E-state index contributed by atoms with van der Waals surface area (Å²) in [6.45, 7) is 1.33. The van der Waals surface area contributed by atoms with Crippen molar-refractivity contribution in [3.05, 3.63) is 33.8 Å². The molecule has 0 spiro atoms. The highest BCUT2D eigenvalue weighted by atomic mass is 35.5. The number of esters is 2. The topological polar surface area (TPSA) is 105 Å². The molecule has 1 aliphatic heterocycles. The van der Waals surface area contributed by atoms with Gasteiger partial charge >= 0.3 is 24.3 Å². The van der Waals surface area contributed by atoms with Crippen molar-refractivity contribution in [2.75, 3.05) is 13.2 Å². The van der Waals surface area contributed by atoms with Crippen molar-refractivity contribution in [2.24, 2.45) is 11.8 Å². The normalized spacial score (nSPS) is 30.1. The molecule has 1 aliphatic rings. The van der Waals surface area contributed by atoms with E-state index in [1.54, 1.807) is 0 Å². The Morgan fingerprint density at radius 1 is 0.941 bits per heavy atom. The van der Waals surface area contributed by atoms with E-state index in [1.165, 1.54) is 13.8 Å². The molecular weight excluding hydrogens is 523 g/mol. The number of carbonyl (C=O) groups is 2. The van der Waals surface area contributed by atoms with E-state index in [1.807, 2.05) is 0 Å². The van der Waals surface area contributed by atoms with Gasteiger partial charge in [0.15, 0.2) is 0 Å². The molecule has 1 saturated heterocycles. The average Bonchev–Trinajstić information content (AvgIpc) is 2.66. The van der Waals surface area contributed by atoms with E-state index < -0.39 is 77.3 Å². The Kier molecular flexibility index (Phi) is 8.10. The molecule has 1 unspecified atom stereocenters. The van der Waals surface area contributed by atoms with Gasteiger partial charge in [-0.2, -0.15) is 26.3 Å². The number of rotatable bonds is 5. The second-order valence-electron chi connectivity index (χ2n) is 7.30. The fourth-order valence-electron chi connectivity index (χ4n) is 3.88. The molecule has 0 bridgehead atoms. The smallest absolute Gasteiger partial charge is 0.432 e. The Labute approximate surface area is 198 Å². The van der Waals surface area contributed by atoms with Gasteiger partial charge in [-0.1, -0.05) is 29.3 Å². The number of benzene rings is 1. The Hall–Kier alpha value is -1.80. The van der Waals surface area contributed by atoms with E-state index in [2.05, 4.69) is 9.47 Å². The van der Waals surface area contributed by atoms with Crippen molar-refractivity contribution >= 4 is 35.1 Å². The summed E-state index contributed by atoms with van der Waals surface area (Å²) in [5.74, 6) is -12.1. The average molecular weight is 542 g/mol. The number of alkyl halides is 6. The van der Waals surface area contributed by atoms with Crippen molar-refractivity contribution in [1.82, 2.24) is 5.32 Å². The fourth-order valence-corrected chi connectivity index (χ4v) is 4.42. The van der Waals surface area contributed by atoms with E-state index in [0.29, 0.717) is 5.32 Å². The van der Waals surface area contributed by atoms with Gasteiger partial charge in [0.2, 0.25) is 11.4 Å². The van der Waals surface area contributed by atoms with Crippen LogP contribution in [0.2, 0.25) is 10.0 Å². The molecular formula is C19H19Cl2F6NO6. The highest BCUT2D eigenvalue weighted by Gasteiger charge is 2.78. The van der Waals surface area contributed by atoms with Gasteiger partial charge in [0.05, 0.1) is 13.2 Å². The van der Waals surface area contributed by atoms with E-state index in [9.17, 15) is 46.1 Å². The van der Waals surface area contributed by atoms with Crippen molar-refractivity contribution in [2.45, 2.75) is 43.6 Å². The standard InChI is InChI=1S/C19H19Cl2F6NO6/c1-3-33-14(29)12-11(9-6-5-8(20)7-10(9)21)13(15(30)34-4-2)17(32,19(25,26)27)28-16(12,31)18(22,23)24/h5-7,11-13,28,31-32H,3-4H2,1-2H3/t11?,12-,13+,16+,17-. The van der Waals surface area contributed by atoms with Crippen LogP contribution in [-0.4, -0.2) is 59.2 Å². The predicted molar refractivity (Wildman–Crippen MR) is 105 cm³/mol. The van der Waals surface area contributed by atoms with Gasteiger partial charge in [-0.15, -0.1) is 0 Å². The maximum absolute atomic E-state index is 14.1. The van der Waals surface area contributed by atoms with Gasteiger partial charge in [0.25, 0.3) is 0 Å². The lowest BCUT2D eigenvalue weighted by molar-refractivity contribution is -0.376. The third-order valence-electron chi connectivity index (χ3n) is 5.27. The molecule has 7 nitrogen and oxygen atoms in total. The van der Waals surface area contributed by atoms with Crippen LogP contribution in [0.1, 0.15) is 25.3 Å². The highest BCUT2D eigenvalue weighted by molar-refractivity contribution is 6.35. The molecule has 3 N–H and O–H groups in total. The molecule has 1 heterocycles. The van der Waals surface area contributed by atoms with Crippen LogP contribution in [0.5, 0.6) is 0 Å².